The maximum Gasteiger partial charge on any atom is 0.125 e. The summed E-state index contributed by atoms with van der Waals surface area (Å²) in [5, 5.41) is 0. The second kappa shape index (κ2) is 13.6. The molecule has 0 nitrogen and oxygen atoms in total. The molecule has 0 N–H and O–H groups in total. The molecule has 3 aromatic rings. The van der Waals surface area contributed by atoms with Crippen LogP contribution in [0.4, 0.5) is 8.78 Å². The Hall–Kier alpha value is -2.48. The molecule has 0 spiro atoms. The van der Waals surface area contributed by atoms with Crippen LogP contribution in [-0.4, -0.2) is 0 Å². The Bertz CT molecular complexity index is 901. The van der Waals surface area contributed by atoms with Gasteiger partial charge in [0.2, 0.25) is 0 Å². The summed E-state index contributed by atoms with van der Waals surface area (Å²) in [5.74, 6) is 1.25. The van der Waals surface area contributed by atoms with Gasteiger partial charge in [0.15, 0.2) is 0 Å². The Morgan fingerprint density at radius 2 is 1.00 bits per heavy atom. The first-order valence-electron chi connectivity index (χ1n) is 13.6. The van der Waals surface area contributed by atoms with E-state index >= 15 is 8.78 Å². The minimum atomic E-state index is -0.929. The molecule has 1 saturated carbocycles. The fourth-order valence-electron chi connectivity index (χ4n) is 6.09. The average molecular weight is 475 g/mol. The van der Waals surface area contributed by atoms with Crippen LogP contribution in [0.1, 0.15) is 86.8 Å². The van der Waals surface area contributed by atoms with Gasteiger partial charge in [-0.05, 0) is 79.4 Å². The minimum absolute atomic E-state index is 0.334. The number of hydrogen-bond donors (Lipinski definition) is 0. The van der Waals surface area contributed by atoms with E-state index in [1.54, 1.807) is 0 Å². The average Bonchev–Trinajstić information content (AvgIpc) is 2.90. The summed E-state index contributed by atoms with van der Waals surface area (Å²) < 4.78 is 30.3. The topological polar surface area (TPSA) is 0 Å². The Balaban J connectivity index is 1.31. The highest BCUT2D eigenvalue weighted by molar-refractivity contribution is 5.18. The number of hydrogen-bond acceptors (Lipinski definition) is 0. The molecular weight excluding hydrogens is 434 g/mol. The molecular formula is C33H40F2. The lowest BCUT2D eigenvalue weighted by Crippen LogP contribution is -2.25. The zero-order valence-electron chi connectivity index (χ0n) is 20.9. The fraction of sp³-hybridized carbons (Fsp3) is 0.455. The van der Waals surface area contributed by atoms with Gasteiger partial charge in [0.25, 0.3) is 0 Å². The summed E-state index contributed by atoms with van der Waals surface area (Å²) in [6.45, 7) is 0. The van der Waals surface area contributed by atoms with Gasteiger partial charge in [0.1, 0.15) is 12.3 Å². The summed E-state index contributed by atoms with van der Waals surface area (Å²) in [6.07, 6.45) is 8.37. The van der Waals surface area contributed by atoms with Crippen LogP contribution in [0.5, 0.6) is 0 Å². The van der Waals surface area contributed by atoms with Crippen molar-refractivity contribution >= 4 is 0 Å². The summed E-state index contributed by atoms with van der Waals surface area (Å²) >= 11 is 0. The normalized spacial score (nSPS) is 21.9. The SMILES string of the molecule is FC(CC1CC(CCCCCc2ccccc2)CC(CC(F)c2ccccc2)C1)c1ccccc1. The summed E-state index contributed by atoms with van der Waals surface area (Å²) in [5.41, 5.74) is 2.97. The highest BCUT2D eigenvalue weighted by Crippen LogP contribution is 2.44. The lowest BCUT2D eigenvalue weighted by Gasteiger charge is -2.36. The van der Waals surface area contributed by atoms with E-state index in [2.05, 4.69) is 30.3 Å². The van der Waals surface area contributed by atoms with Gasteiger partial charge in [0.05, 0.1) is 0 Å². The second-order valence-corrected chi connectivity index (χ2v) is 10.6. The van der Waals surface area contributed by atoms with E-state index in [9.17, 15) is 0 Å². The Labute approximate surface area is 210 Å². The molecule has 35 heavy (non-hydrogen) atoms. The Kier molecular flexibility index (Phi) is 9.93. The molecule has 4 rings (SSSR count). The molecule has 0 heterocycles. The van der Waals surface area contributed by atoms with E-state index in [-0.39, 0.29) is 0 Å². The van der Waals surface area contributed by atoms with Crippen LogP contribution in [0.3, 0.4) is 0 Å². The van der Waals surface area contributed by atoms with Crippen molar-refractivity contribution in [2.75, 3.05) is 0 Å². The first kappa shape index (κ1) is 25.6. The van der Waals surface area contributed by atoms with Crippen LogP contribution < -0.4 is 0 Å². The van der Waals surface area contributed by atoms with E-state index in [1.165, 1.54) is 31.2 Å². The number of unbranched alkanes of at least 4 members (excludes halogenated alkanes) is 2. The smallest absolute Gasteiger partial charge is 0.125 e. The largest absolute Gasteiger partial charge is 0.242 e. The summed E-state index contributed by atoms with van der Waals surface area (Å²) in [4.78, 5) is 0. The van der Waals surface area contributed by atoms with Crippen molar-refractivity contribution in [2.24, 2.45) is 17.8 Å². The van der Waals surface area contributed by atoms with Crippen LogP contribution in [0.15, 0.2) is 91.0 Å². The molecule has 1 aliphatic rings. The molecule has 0 amide bonds. The molecule has 1 fully saturated rings. The molecule has 4 unspecified atom stereocenters. The summed E-state index contributed by atoms with van der Waals surface area (Å²) in [6, 6.07) is 29.8. The third kappa shape index (κ3) is 8.30. The second-order valence-electron chi connectivity index (χ2n) is 10.6. The minimum Gasteiger partial charge on any atom is -0.242 e. The van der Waals surface area contributed by atoms with Crippen molar-refractivity contribution in [3.63, 3.8) is 0 Å². The van der Waals surface area contributed by atoms with Crippen molar-refractivity contribution in [2.45, 2.75) is 76.6 Å². The Morgan fingerprint density at radius 3 is 1.51 bits per heavy atom. The van der Waals surface area contributed by atoms with Gasteiger partial charge >= 0.3 is 0 Å². The van der Waals surface area contributed by atoms with E-state index in [0.29, 0.717) is 30.6 Å². The standard InChI is InChI=1S/C33H40F2/c34-32(30-17-9-3-10-18-30)24-28-21-27(16-8-2-7-15-26-13-5-1-6-14-26)22-29(23-28)25-33(35)31-19-11-4-12-20-31/h1,3-6,9-14,17-20,27-29,32-33H,2,7-8,15-16,21-25H2. The van der Waals surface area contributed by atoms with Gasteiger partial charge in [-0.15, -0.1) is 0 Å². The van der Waals surface area contributed by atoms with E-state index in [0.717, 1.165) is 36.8 Å². The van der Waals surface area contributed by atoms with Gasteiger partial charge in [-0.1, -0.05) is 110 Å². The van der Waals surface area contributed by atoms with Gasteiger partial charge < -0.3 is 0 Å². The van der Waals surface area contributed by atoms with Crippen LogP contribution >= 0.6 is 0 Å². The zero-order chi connectivity index (χ0) is 24.3. The van der Waals surface area contributed by atoms with Crippen molar-refractivity contribution in [1.82, 2.24) is 0 Å². The third-order valence-corrected chi connectivity index (χ3v) is 7.82. The van der Waals surface area contributed by atoms with Crippen LogP contribution in [0.25, 0.3) is 0 Å². The lowest BCUT2D eigenvalue weighted by atomic mass is 9.70. The van der Waals surface area contributed by atoms with E-state index in [1.807, 2.05) is 60.7 Å². The molecule has 1 aliphatic carbocycles. The first-order valence-corrected chi connectivity index (χ1v) is 13.6. The number of halogens is 2. The predicted octanol–water partition coefficient (Wildman–Crippen LogP) is 10.0. The predicted molar refractivity (Wildman–Crippen MR) is 143 cm³/mol. The van der Waals surface area contributed by atoms with Gasteiger partial charge in [0, 0.05) is 0 Å². The van der Waals surface area contributed by atoms with Crippen LogP contribution in [-0.2, 0) is 6.42 Å². The van der Waals surface area contributed by atoms with Crippen molar-refractivity contribution in [3.05, 3.63) is 108 Å². The molecule has 186 valence electrons. The monoisotopic (exact) mass is 474 g/mol. The van der Waals surface area contributed by atoms with E-state index < -0.39 is 12.3 Å². The van der Waals surface area contributed by atoms with E-state index in [4.69, 9.17) is 0 Å². The molecule has 0 aromatic heterocycles. The zero-order valence-corrected chi connectivity index (χ0v) is 20.9. The summed E-state index contributed by atoms with van der Waals surface area (Å²) in [7, 11) is 0. The Morgan fingerprint density at radius 1 is 0.543 bits per heavy atom. The van der Waals surface area contributed by atoms with Crippen LogP contribution in [0, 0.1) is 17.8 Å². The van der Waals surface area contributed by atoms with Crippen molar-refractivity contribution in [3.8, 4) is 0 Å². The van der Waals surface area contributed by atoms with Gasteiger partial charge in [-0.25, -0.2) is 8.78 Å². The lowest BCUT2D eigenvalue weighted by molar-refractivity contribution is 0.122. The molecule has 0 aliphatic heterocycles. The molecule has 0 radical (unpaired) electrons. The molecule has 2 heteroatoms. The number of alkyl halides is 2. The third-order valence-electron chi connectivity index (χ3n) is 7.82. The fourth-order valence-corrected chi connectivity index (χ4v) is 6.09. The highest BCUT2D eigenvalue weighted by Gasteiger charge is 2.32. The maximum absolute atomic E-state index is 15.1. The highest BCUT2D eigenvalue weighted by atomic mass is 19.1. The van der Waals surface area contributed by atoms with Gasteiger partial charge in [-0.3, -0.25) is 0 Å². The quantitative estimate of drug-likeness (QED) is 0.229. The maximum atomic E-state index is 15.1. The van der Waals surface area contributed by atoms with Crippen molar-refractivity contribution < 1.29 is 8.78 Å². The number of rotatable bonds is 12. The molecule has 0 saturated heterocycles. The molecule has 4 atom stereocenters. The van der Waals surface area contributed by atoms with Crippen LogP contribution in [0.2, 0.25) is 0 Å². The molecule has 3 aromatic carbocycles. The number of benzene rings is 3. The number of aryl methyl sites for hydroxylation is 1. The van der Waals surface area contributed by atoms with Gasteiger partial charge in [-0.2, -0.15) is 0 Å². The van der Waals surface area contributed by atoms with Crippen molar-refractivity contribution in [1.29, 1.82) is 0 Å². The molecule has 0 bridgehead atoms. The first-order chi connectivity index (χ1) is 17.2.